The minimum absolute atomic E-state index is 0.0839. The van der Waals surface area contributed by atoms with E-state index in [1.54, 1.807) is 6.92 Å². The van der Waals surface area contributed by atoms with Gasteiger partial charge < -0.3 is 10.1 Å². The third-order valence-corrected chi connectivity index (χ3v) is 1.99. The standard InChI is InChI=1S/C9H11NO3/c1-3-7-5(2)6(9(12)13)4-8(11)10-7/h4H,3H2,1-2H3,(H,10,11)(H,12,13). The zero-order valence-electron chi connectivity index (χ0n) is 7.55. The minimum Gasteiger partial charge on any atom is -0.478 e. The molecule has 0 aromatic carbocycles. The largest absolute Gasteiger partial charge is 0.478 e. The maximum Gasteiger partial charge on any atom is 0.336 e. The number of pyridine rings is 1. The van der Waals surface area contributed by atoms with E-state index in [0.717, 1.165) is 6.07 Å². The smallest absolute Gasteiger partial charge is 0.336 e. The second-order valence-electron chi connectivity index (χ2n) is 2.81. The summed E-state index contributed by atoms with van der Waals surface area (Å²) in [5, 5.41) is 8.76. The van der Waals surface area contributed by atoms with Gasteiger partial charge in [-0.1, -0.05) is 6.92 Å². The molecule has 0 fully saturated rings. The average Bonchev–Trinajstić information content (AvgIpc) is 2.08. The van der Waals surface area contributed by atoms with Crippen molar-refractivity contribution < 1.29 is 9.90 Å². The molecule has 0 bridgehead atoms. The third-order valence-electron chi connectivity index (χ3n) is 1.99. The van der Waals surface area contributed by atoms with Gasteiger partial charge in [-0.3, -0.25) is 4.79 Å². The highest BCUT2D eigenvalue weighted by Gasteiger charge is 2.10. The summed E-state index contributed by atoms with van der Waals surface area (Å²) in [6.45, 7) is 3.56. The Hall–Kier alpha value is -1.58. The molecule has 0 radical (unpaired) electrons. The summed E-state index contributed by atoms with van der Waals surface area (Å²) in [5.74, 6) is -1.06. The van der Waals surface area contributed by atoms with E-state index in [2.05, 4.69) is 4.98 Å². The Labute approximate surface area is 75.2 Å². The molecule has 0 aliphatic rings. The highest BCUT2D eigenvalue weighted by atomic mass is 16.4. The maximum atomic E-state index is 11.0. The lowest BCUT2D eigenvalue weighted by Crippen LogP contribution is -2.14. The Kier molecular flexibility index (Phi) is 2.51. The number of hydrogen-bond acceptors (Lipinski definition) is 2. The Morgan fingerprint density at radius 1 is 1.62 bits per heavy atom. The maximum absolute atomic E-state index is 11.0. The van der Waals surface area contributed by atoms with Crippen LogP contribution in [0.4, 0.5) is 0 Å². The first-order valence-electron chi connectivity index (χ1n) is 4.02. The van der Waals surface area contributed by atoms with Crippen LogP contribution in [0.5, 0.6) is 0 Å². The zero-order chi connectivity index (χ0) is 10.0. The first-order chi connectivity index (χ1) is 6.06. The molecule has 0 unspecified atom stereocenters. The van der Waals surface area contributed by atoms with Gasteiger partial charge in [0.1, 0.15) is 0 Å². The summed E-state index contributed by atoms with van der Waals surface area (Å²) in [4.78, 5) is 24.3. The van der Waals surface area contributed by atoms with E-state index in [1.165, 1.54) is 0 Å². The van der Waals surface area contributed by atoms with Gasteiger partial charge in [-0.05, 0) is 18.9 Å². The molecule has 0 spiro atoms. The van der Waals surface area contributed by atoms with Crippen molar-refractivity contribution in [1.29, 1.82) is 0 Å². The molecule has 0 atom stereocenters. The van der Waals surface area contributed by atoms with Crippen molar-refractivity contribution in [3.05, 3.63) is 33.2 Å². The van der Waals surface area contributed by atoms with E-state index < -0.39 is 5.97 Å². The van der Waals surface area contributed by atoms with Crippen molar-refractivity contribution in [2.45, 2.75) is 20.3 Å². The fourth-order valence-corrected chi connectivity index (χ4v) is 1.26. The second-order valence-corrected chi connectivity index (χ2v) is 2.81. The van der Waals surface area contributed by atoms with Crippen molar-refractivity contribution in [2.24, 2.45) is 0 Å². The lowest BCUT2D eigenvalue weighted by molar-refractivity contribution is 0.0695. The summed E-state index contributed by atoms with van der Waals surface area (Å²) in [6, 6.07) is 1.11. The van der Waals surface area contributed by atoms with E-state index >= 15 is 0 Å². The number of nitrogens with one attached hydrogen (secondary N) is 1. The Morgan fingerprint density at radius 3 is 2.69 bits per heavy atom. The van der Waals surface area contributed by atoms with E-state index in [1.807, 2.05) is 6.92 Å². The molecule has 1 heterocycles. The van der Waals surface area contributed by atoms with Crippen molar-refractivity contribution in [3.63, 3.8) is 0 Å². The molecule has 0 saturated heterocycles. The van der Waals surface area contributed by atoms with Crippen LogP contribution in [0.1, 0.15) is 28.5 Å². The van der Waals surface area contributed by atoms with Gasteiger partial charge in [0.15, 0.2) is 0 Å². The Balaban J connectivity index is 3.44. The molecule has 0 aliphatic carbocycles. The predicted octanol–water partition coefficient (Wildman–Crippen LogP) is 0.944. The van der Waals surface area contributed by atoms with Gasteiger partial charge in [0, 0.05) is 11.8 Å². The van der Waals surface area contributed by atoms with Gasteiger partial charge in [0.05, 0.1) is 5.56 Å². The summed E-state index contributed by atoms with van der Waals surface area (Å²) in [5.41, 5.74) is 1.04. The molecule has 0 saturated carbocycles. The topological polar surface area (TPSA) is 70.2 Å². The van der Waals surface area contributed by atoms with Crippen LogP contribution in [0.2, 0.25) is 0 Å². The number of aromatic amines is 1. The molecule has 4 heteroatoms. The highest BCUT2D eigenvalue weighted by molar-refractivity contribution is 5.89. The van der Waals surface area contributed by atoms with Crippen LogP contribution in [-0.4, -0.2) is 16.1 Å². The summed E-state index contributed by atoms with van der Waals surface area (Å²) in [7, 11) is 0. The summed E-state index contributed by atoms with van der Waals surface area (Å²) in [6.07, 6.45) is 0.627. The SMILES string of the molecule is CCc1[nH]c(=O)cc(C(=O)O)c1C. The zero-order valence-corrected chi connectivity index (χ0v) is 7.55. The first kappa shape index (κ1) is 9.51. The number of carboxylic acid groups (broad SMARTS) is 1. The lowest BCUT2D eigenvalue weighted by atomic mass is 10.1. The normalized spacial score (nSPS) is 10.0. The van der Waals surface area contributed by atoms with Crippen LogP contribution in [0.15, 0.2) is 10.9 Å². The Morgan fingerprint density at radius 2 is 2.23 bits per heavy atom. The van der Waals surface area contributed by atoms with Gasteiger partial charge in [-0.25, -0.2) is 4.79 Å². The van der Waals surface area contributed by atoms with Gasteiger partial charge in [-0.15, -0.1) is 0 Å². The molecule has 0 aliphatic heterocycles. The quantitative estimate of drug-likeness (QED) is 0.713. The van der Waals surface area contributed by atoms with Gasteiger partial charge in [0.2, 0.25) is 5.56 Å². The van der Waals surface area contributed by atoms with Crippen molar-refractivity contribution in [1.82, 2.24) is 4.98 Å². The van der Waals surface area contributed by atoms with Crippen LogP contribution in [-0.2, 0) is 6.42 Å². The van der Waals surface area contributed by atoms with Crippen LogP contribution >= 0.6 is 0 Å². The second kappa shape index (κ2) is 3.43. The minimum atomic E-state index is -1.06. The number of aromatic carboxylic acids is 1. The molecule has 0 amide bonds. The molecule has 1 rings (SSSR count). The van der Waals surface area contributed by atoms with Gasteiger partial charge in [0.25, 0.3) is 0 Å². The predicted molar refractivity (Wildman–Crippen MR) is 48.1 cm³/mol. The molecule has 70 valence electrons. The fourth-order valence-electron chi connectivity index (χ4n) is 1.26. The number of carbonyl (C=O) groups is 1. The van der Waals surface area contributed by atoms with E-state index in [4.69, 9.17) is 5.11 Å². The third kappa shape index (κ3) is 1.77. The molecular formula is C9H11NO3. The molecule has 2 N–H and O–H groups in total. The summed E-state index contributed by atoms with van der Waals surface area (Å²) >= 11 is 0. The highest BCUT2D eigenvalue weighted by Crippen LogP contribution is 2.09. The molecule has 13 heavy (non-hydrogen) atoms. The van der Waals surface area contributed by atoms with Crippen LogP contribution in [0.25, 0.3) is 0 Å². The molecule has 1 aromatic heterocycles. The van der Waals surface area contributed by atoms with Crippen molar-refractivity contribution in [2.75, 3.05) is 0 Å². The first-order valence-corrected chi connectivity index (χ1v) is 4.02. The number of carboxylic acids is 1. The van der Waals surface area contributed by atoms with Gasteiger partial charge in [-0.2, -0.15) is 0 Å². The molecular weight excluding hydrogens is 170 g/mol. The Bertz CT molecular complexity index is 392. The van der Waals surface area contributed by atoms with Crippen LogP contribution < -0.4 is 5.56 Å². The van der Waals surface area contributed by atoms with E-state index in [0.29, 0.717) is 17.7 Å². The monoisotopic (exact) mass is 181 g/mol. The number of hydrogen-bond donors (Lipinski definition) is 2. The van der Waals surface area contributed by atoms with Gasteiger partial charge >= 0.3 is 5.97 Å². The van der Waals surface area contributed by atoms with Crippen LogP contribution in [0, 0.1) is 6.92 Å². The average molecular weight is 181 g/mol. The fraction of sp³-hybridized carbons (Fsp3) is 0.333. The summed E-state index contributed by atoms with van der Waals surface area (Å²) < 4.78 is 0. The molecule has 4 nitrogen and oxygen atoms in total. The van der Waals surface area contributed by atoms with E-state index in [9.17, 15) is 9.59 Å². The number of aryl methyl sites for hydroxylation is 1. The lowest BCUT2D eigenvalue weighted by Gasteiger charge is -2.04. The van der Waals surface area contributed by atoms with Crippen LogP contribution in [0.3, 0.4) is 0 Å². The number of rotatable bonds is 2. The molecule has 1 aromatic rings. The van der Waals surface area contributed by atoms with E-state index in [-0.39, 0.29) is 11.1 Å². The number of aromatic nitrogens is 1. The van der Waals surface area contributed by atoms with Crippen molar-refractivity contribution in [3.8, 4) is 0 Å². The number of H-pyrrole nitrogens is 1. The van der Waals surface area contributed by atoms with Crippen molar-refractivity contribution >= 4 is 5.97 Å².